The fourth-order valence-corrected chi connectivity index (χ4v) is 5.55. The van der Waals surface area contributed by atoms with Crippen LogP contribution >= 0.6 is 0 Å². The van der Waals surface area contributed by atoms with E-state index in [0.717, 1.165) is 31.5 Å². The molecular formula is C21H22F3N2O4S-. The minimum absolute atomic E-state index is 0.0314. The highest BCUT2D eigenvalue weighted by atomic mass is 32.2. The molecule has 2 aromatic rings. The van der Waals surface area contributed by atoms with Gasteiger partial charge in [-0.3, -0.25) is 4.98 Å². The Morgan fingerprint density at radius 1 is 1.13 bits per heavy atom. The number of rotatable bonds is 6. The zero-order valence-corrected chi connectivity index (χ0v) is 17.6. The molecule has 1 aromatic carbocycles. The van der Waals surface area contributed by atoms with E-state index in [-0.39, 0.29) is 29.0 Å². The summed E-state index contributed by atoms with van der Waals surface area (Å²) in [6.07, 6.45) is -0.640. The van der Waals surface area contributed by atoms with Crippen molar-refractivity contribution in [3.05, 3.63) is 59.4 Å². The fraction of sp³-hybridized carbons (Fsp3) is 0.429. The highest BCUT2D eigenvalue weighted by Crippen LogP contribution is 2.34. The molecule has 0 saturated heterocycles. The summed E-state index contributed by atoms with van der Waals surface area (Å²) in [6.45, 7) is 1.92. The molecule has 1 fully saturated rings. The van der Waals surface area contributed by atoms with Crippen molar-refractivity contribution < 1.29 is 31.5 Å². The van der Waals surface area contributed by atoms with E-state index in [1.807, 2.05) is 6.92 Å². The minimum atomic E-state index is -4.67. The van der Waals surface area contributed by atoms with Gasteiger partial charge in [-0.2, -0.15) is 17.5 Å². The summed E-state index contributed by atoms with van der Waals surface area (Å²) in [5, 5.41) is 11.0. The third kappa shape index (κ3) is 5.24. The topological polar surface area (TPSA) is 90.4 Å². The maximum absolute atomic E-state index is 13.4. The van der Waals surface area contributed by atoms with E-state index in [2.05, 4.69) is 4.98 Å². The van der Waals surface area contributed by atoms with Gasteiger partial charge in [-0.25, -0.2) is 8.42 Å². The number of carboxylic acid groups (broad SMARTS) is 1. The van der Waals surface area contributed by atoms with E-state index < -0.39 is 27.9 Å². The quantitative estimate of drug-likeness (QED) is 0.667. The van der Waals surface area contributed by atoms with Crippen LogP contribution in [0.4, 0.5) is 13.2 Å². The molecule has 1 saturated carbocycles. The number of nitrogens with zero attached hydrogens (tertiary/aromatic N) is 2. The van der Waals surface area contributed by atoms with Gasteiger partial charge >= 0.3 is 6.18 Å². The first kappa shape index (κ1) is 23.2. The van der Waals surface area contributed by atoms with Gasteiger partial charge < -0.3 is 9.90 Å². The van der Waals surface area contributed by atoms with Gasteiger partial charge in [0.05, 0.1) is 5.97 Å². The van der Waals surface area contributed by atoms with Crippen molar-refractivity contribution in [3.8, 4) is 0 Å². The number of carbonyl (C=O) groups excluding carboxylic acids is 1. The molecule has 6 nitrogen and oxygen atoms in total. The number of benzene rings is 1. The minimum Gasteiger partial charge on any atom is -0.545 e. The molecule has 2 atom stereocenters. The zero-order chi connectivity index (χ0) is 22.8. The number of aromatic carboxylic acids is 1. The van der Waals surface area contributed by atoms with Crippen LogP contribution in [0.5, 0.6) is 0 Å². The normalized spacial score (nSPS) is 20.0. The van der Waals surface area contributed by atoms with Crippen LogP contribution in [0.1, 0.15) is 54.2 Å². The number of sulfonamides is 1. The Morgan fingerprint density at radius 3 is 2.29 bits per heavy atom. The first-order valence-corrected chi connectivity index (χ1v) is 11.3. The number of hydrogen-bond donors (Lipinski definition) is 0. The molecule has 1 aliphatic rings. The van der Waals surface area contributed by atoms with Gasteiger partial charge in [-0.1, -0.05) is 44.0 Å². The van der Waals surface area contributed by atoms with Crippen LogP contribution in [0.2, 0.25) is 0 Å². The van der Waals surface area contributed by atoms with Gasteiger partial charge in [0, 0.05) is 18.8 Å². The van der Waals surface area contributed by atoms with Gasteiger partial charge in [-0.15, -0.1) is 0 Å². The Morgan fingerprint density at radius 2 is 1.77 bits per heavy atom. The molecule has 0 spiro atoms. The predicted molar refractivity (Wildman–Crippen MR) is 104 cm³/mol. The van der Waals surface area contributed by atoms with Crippen LogP contribution < -0.4 is 5.11 Å². The van der Waals surface area contributed by atoms with Crippen LogP contribution in [0.25, 0.3) is 0 Å². The monoisotopic (exact) mass is 455 g/mol. The molecule has 0 aliphatic heterocycles. The van der Waals surface area contributed by atoms with E-state index in [4.69, 9.17) is 0 Å². The zero-order valence-electron chi connectivity index (χ0n) is 16.8. The second kappa shape index (κ2) is 8.96. The molecule has 1 aliphatic carbocycles. The van der Waals surface area contributed by atoms with E-state index >= 15 is 0 Å². The molecule has 0 bridgehead atoms. The predicted octanol–water partition coefficient (Wildman–Crippen LogP) is 3.23. The van der Waals surface area contributed by atoms with E-state index in [1.165, 1.54) is 28.6 Å². The van der Waals surface area contributed by atoms with Gasteiger partial charge in [0.1, 0.15) is 10.6 Å². The van der Waals surface area contributed by atoms with Crippen LogP contribution in [-0.2, 0) is 22.7 Å². The molecule has 0 N–H and O–H groups in total. The largest absolute Gasteiger partial charge is 0.545 e. The fourth-order valence-electron chi connectivity index (χ4n) is 3.87. The van der Waals surface area contributed by atoms with Gasteiger partial charge in [0.25, 0.3) is 0 Å². The number of hydrogen-bond acceptors (Lipinski definition) is 5. The lowest BCUT2D eigenvalue weighted by Gasteiger charge is -2.37. The summed E-state index contributed by atoms with van der Waals surface area (Å²) in [5.74, 6) is -1.28. The number of carbonyl (C=O) groups is 1. The molecule has 168 valence electrons. The summed E-state index contributed by atoms with van der Waals surface area (Å²) >= 11 is 0. The lowest BCUT2D eigenvalue weighted by molar-refractivity contribution is -0.255. The first-order valence-electron chi connectivity index (χ1n) is 9.85. The number of aromatic nitrogens is 1. The Hall–Kier alpha value is -2.46. The first-order chi connectivity index (χ1) is 14.5. The highest BCUT2D eigenvalue weighted by molar-refractivity contribution is 7.89. The van der Waals surface area contributed by atoms with Crippen LogP contribution in [0, 0.1) is 5.92 Å². The second-order valence-corrected chi connectivity index (χ2v) is 9.63. The maximum atomic E-state index is 13.4. The average Bonchev–Trinajstić information content (AvgIpc) is 2.72. The molecule has 2 unspecified atom stereocenters. The molecule has 1 aromatic heterocycles. The SMILES string of the molecule is CC1CCCCC1N(Cc1ccc(C(=O)[O-])cc1)S(=O)(=O)c1ccc(C(F)(F)F)nc1. The number of carboxylic acids is 1. The van der Waals surface area contributed by atoms with Gasteiger partial charge in [0.15, 0.2) is 0 Å². The maximum Gasteiger partial charge on any atom is 0.433 e. The lowest BCUT2D eigenvalue weighted by Crippen LogP contribution is -2.44. The van der Waals surface area contributed by atoms with Crippen molar-refractivity contribution in [1.29, 1.82) is 0 Å². The van der Waals surface area contributed by atoms with Crippen molar-refractivity contribution in [1.82, 2.24) is 9.29 Å². The average molecular weight is 455 g/mol. The van der Waals surface area contributed by atoms with Crippen molar-refractivity contribution in [2.45, 2.75) is 56.3 Å². The second-order valence-electron chi connectivity index (χ2n) is 7.74. The van der Waals surface area contributed by atoms with Crippen molar-refractivity contribution in [2.75, 3.05) is 0 Å². The summed E-state index contributed by atoms with van der Waals surface area (Å²) in [7, 11) is -4.15. The van der Waals surface area contributed by atoms with Gasteiger partial charge in [-0.05, 0) is 42.0 Å². The van der Waals surface area contributed by atoms with E-state index in [0.29, 0.717) is 18.1 Å². The Labute approximate surface area is 178 Å². The molecule has 10 heteroatoms. The number of pyridine rings is 1. The van der Waals surface area contributed by atoms with E-state index in [9.17, 15) is 31.5 Å². The van der Waals surface area contributed by atoms with E-state index in [1.54, 1.807) is 0 Å². The highest BCUT2D eigenvalue weighted by Gasteiger charge is 2.37. The lowest BCUT2D eigenvalue weighted by atomic mass is 9.86. The molecular weight excluding hydrogens is 433 g/mol. The number of alkyl halides is 3. The summed E-state index contributed by atoms with van der Waals surface area (Å²) in [5.41, 5.74) is -0.635. The summed E-state index contributed by atoms with van der Waals surface area (Å²) in [4.78, 5) is 13.9. The molecule has 31 heavy (non-hydrogen) atoms. The molecule has 1 heterocycles. The van der Waals surface area contributed by atoms with Crippen molar-refractivity contribution in [2.24, 2.45) is 5.92 Å². The standard InChI is InChI=1S/C21H23F3N2O4S/c1-14-4-2-3-5-18(14)26(13-15-6-8-16(9-7-15)20(27)28)31(29,30)17-10-11-19(25-12-17)21(22,23)24/h6-12,14,18H,2-5,13H2,1H3,(H,27,28)/p-1. The summed E-state index contributed by atoms with van der Waals surface area (Å²) < 4.78 is 66.6. The third-order valence-corrected chi connectivity index (χ3v) is 7.45. The molecule has 3 rings (SSSR count). The van der Waals surface area contributed by atoms with Gasteiger partial charge in [0.2, 0.25) is 10.0 Å². The molecule has 0 amide bonds. The van der Waals surface area contributed by atoms with Crippen LogP contribution in [0.3, 0.4) is 0 Å². The van der Waals surface area contributed by atoms with Crippen molar-refractivity contribution >= 4 is 16.0 Å². The van der Waals surface area contributed by atoms with Crippen LogP contribution in [0.15, 0.2) is 47.5 Å². The third-order valence-electron chi connectivity index (χ3n) is 5.60. The Balaban J connectivity index is 1.97. The smallest absolute Gasteiger partial charge is 0.433 e. The van der Waals surface area contributed by atoms with Crippen LogP contribution in [-0.4, -0.2) is 29.7 Å². The summed E-state index contributed by atoms with van der Waals surface area (Å²) in [6, 6.07) is 6.92. The number of halogens is 3. The van der Waals surface area contributed by atoms with Crippen molar-refractivity contribution in [3.63, 3.8) is 0 Å². The Kier molecular flexibility index (Phi) is 6.70. The Bertz CT molecular complexity index is 1020. The molecule has 0 radical (unpaired) electrons.